The minimum absolute atomic E-state index is 0.00304. The molecule has 38 heavy (non-hydrogen) atoms. The lowest BCUT2D eigenvalue weighted by molar-refractivity contribution is -0.125. The minimum Gasteiger partial charge on any atom is -0.356 e. The Balaban J connectivity index is 3.03. The van der Waals surface area contributed by atoms with Gasteiger partial charge in [0, 0.05) is 48.8 Å². The van der Waals surface area contributed by atoms with Crippen molar-refractivity contribution in [2.75, 3.05) is 19.6 Å². The van der Waals surface area contributed by atoms with Crippen LogP contribution in [0.1, 0.15) is 114 Å². The van der Waals surface area contributed by atoms with Crippen LogP contribution in [0.25, 0.3) is 0 Å². The molecule has 7 heteroatoms. The van der Waals surface area contributed by atoms with Crippen LogP contribution in [0.2, 0.25) is 0 Å². The van der Waals surface area contributed by atoms with Crippen LogP contribution in [-0.2, 0) is 4.79 Å². The van der Waals surface area contributed by atoms with Crippen LogP contribution in [0, 0.1) is 17.8 Å². The van der Waals surface area contributed by atoms with E-state index in [1.54, 1.807) is 24.3 Å². The van der Waals surface area contributed by atoms with Gasteiger partial charge in [-0.2, -0.15) is 0 Å². The molecule has 0 aliphatic rings. The Bertz CT molecular complexity index is 849. The van der Waals surface area contributed by atoms with Gasteiger partial charge in [0.1, 0.15) is 0 Å². The van der Waals surface area contributed by atoms with E-state index in [4.69, 9.17) is 5.73 Å². The molecule has 0 spiro atoms. The summed E-state index contributed by atoms with van der Waals surface area (Å²) in [6.07, 6.45) is 6.01. The number of rotatable bonds is 18. The van der Waals surface area contributed by atoms with Crippen molar-refractivity contribution >= 4 is 17.7 Å². The summed E-state index contributed by atoms with van der Waals surface area (Å²) in [7, 11) is 0. The SMILES string of the molecule is CCCN(CCC)C(=O)c1cccc(C(=O)N[C@@H](CC(CC)CC)[C@@H](N)C[C@@H](C)C(=O)NC[C@@H](C)CC)c1. The zero-order valence-corrected chi connectivity index (χ0v) is 25.0. The lowest BCUT2D eigenvalue weighted by atomic mass is 9.87. The average molecular weight is 531 g/mol. The smallest absolute Gasteiger partial charge is 0.253 e. The fraction of sp³-hybridized carbons (Fsp3) is 0.710. The molecule has 7 nitrogen and oxygen atoms in total. The molecule has 0 radical (unpaired) electrons. The summed E-state index contributed by atoms with van der Waals surface area (Å²) in [4.78, 5) is 41.0. The van der Waals surface area contributed by atoms with Crippen LogP contribution in [0.4, 0.5) is 0 Å². The first-order chi connectivity index (χ1) is 18.1. The zero-order chi connectivity index (χ0) is 28.7. The molecule has 4 N–H and O–H groups in total. The van der Waals surface area contributed by atoms with Crippen LogP contribution >= 0.6 is 0 Å². The Morgan fingerprint density at radius 2 is 1.50 bits per heavy atom. The number of hydrogen-bond donors (Lipinski definition) is 3. The first kappa shape index (κ1) is 33.6. The van der Waals surface area contributed by atoms with E-state index < -0.39 is 0 Å². The van der Waals surface area contributed by atoms with Gasteiger partial charge in [-0.15, -0.1) is 0 Å². The van der Waals surface area contributed by atoms with Gasteiger partial charge in [-0.25, -0.2) is 0 Å². The van der Waals surface area contributed by atoms with Crippen LogP contribution in [0.5, 0.6) is 0 Å². The standard InChI is InChI=1S/C31H54N4O3/c1-8-16-35(17-9-2)31(38)26-15-13-14-25(20-26)30(37)34-28(19-24(11-4)12-5)27(32)18-23(7)29(36)33-21-22(6)10-3/h13-15,20,22-24,27-28H,8-12,16-19,21,32H2,1-7H3,(H,33,36)(H,34,37)/t22-,23+,27-,28-/m0/s1. The summed E-state index contributed by atoms with van der Waals surface area (Å²) in [6, 6.07) is 6.32. The summed E-state index contributed by atoms with van der Waals surface area (Å²) in [6.45, 7) is 16.6. The molecule has 3 amide bonds. The first-order valence-corrected chi connectivity index (χ1v) is 14.8. The number of carbonyl (C=O) groups is 3. The normalized spacial score (nSPS) is 14.4. The molecule has 0 saturated carbocycles. The van der Waals surface area contributed by atoms with Crippen LogP contribution < -0.4 is 16.4 Å². The van der Waals surface area contributed by atoms with Crippen LogP contribution in [0.3, 0.4) is 0 Å². The lowest BCUT2D eigenvalue weighted by Gasteiger charge is -2.30. The highest BCUT2D eigenvalue weighted by molar-refractivity contribution is 5.99. The average Bonchev–Trinajstić information content (AvgIpc) is 2.92. The van der Waals surface area contributed by atoms with Gasteiger partial charge in [0.05, 0.1) is 0 Å². The second-order valence-corrected chi connectivity index (χ2v) is 10.9. The maximum Gasteiger partial charge on any atom is 0.253 e. The van der Waals surface area contributed by atoms with Crippen molar-refractivity contribution in [2.45, 2.75) is 105 Å². The van der Waals surface area contributed by atoms with Gasteiger partial charge in [0.25, 0.3) is 11.8 Å². The second kappa shape index (κ2) is 18.0. The summed E-state index contributed by atoms with van der Waals surface area (Å²) in [5.41, 5.74) is 7.62. The highest BCUT2D eigenvalue weighted by Gasteiger charge is 2.27. The van der Waals surface area contributed by atoms with E-state index in [0.717, 1.165) is 38.5 Å². The van der Waals surface area contributed by atoms with Crippen molar-refractivity contribution in [1.82, 2.24) is 15.5 Å². The van der Waals surface area contributed by atoms with Gasteiger partial charge in [-0.3, -0.25) is 14.4 Å². The van der Waals surface area contributed by atoms with E-state index >= 15 is 0 Å². The lowest BCUT2D eigenvalue weighted by Crippen LogP contribution is -2.50. The van der Waals surface area contributed by atoms with Gasteiger partial charge in [0.2, 0.25) is 5.91 Å². The van der Waals surface area contributed by atoms with Crippen molar-refractivity contribution in [3.05, 3.63) is 35.4 Å². The maximum atomic E-state index is 13.4. The number of nitrogens with zero attached hydrogens (tertiary/aromatic N) is 1. The van der Waals surface area contributed by atoms with E-state index in [1.807, 2.05) is 11.8 Å². The fourth-order valence-corrected chi connectivity index (χ4v) is 4.68. The van der Waals surface area contributed by atoms with E-state index in [-0.39, 0.29) is 35.7 Å². The van der Waals surface area contributed by atoms with Gasteiger partial charge in [0.15, 0.2) is 0 Å². The van der Waals surface area contributed by atoms with Crippen LogP contribution in [-0.4, -0.2) is 54.3 Å². The highest BCUT2D eigenvalue weighted by atomic mass is 16.2. The third kappa shape index (κ3) is 11.1. The molecule has 0 bridgehead atoms. The predicted molar refractivity (Wildman–Crippen MR) is 157 cm³/mol. The predicted octanol–water partition coefficient (Wildman–Crippen LogP) is 5.39. The maximum absolute atomic E-state index is 13.4. The Labute approximate surface area is 231 Å². The molecule has 0 aromatic heterocycles. The van der Waals surface area contributed by atoms with Gasteiger partial charge >= 0.3 is 0 Å². The van der Waals surface area contributed by atoms with E-state index in [9.17, 15) is 14.4 Å². The molecule has 0 aliphatic carbocycles. The van der Waals surface area contributed by atoms with E-state index in [1.165, 1.54) is 0 Å². The van der Waals surface area contributed by atoms with Crippen LogP contribution in [0.15, 0.2) is 24.3 Å². The summed E-state index contributed by atoms with van der Waals surface area (Å²) < 4.78 is 0. The Morgan fingerprint density at radius 3 is 2.05 bits per heavy atom. The topological polar surface area (TPSA) is 105 Å². The molecular weight excluding hydrogens is 476 g/mol. The quantitative estimate of drug-likeness (QED) is 0.237. The molecule has 0 aliphatic heterocycles. The molecule has 216 valence electrons. The number of nitrogens with two attached hydrogens (primary N) is 1. The molecular formula is C31H54N4O3. The Morgan fingerprint density at radius 1 is 0.895 bits per heavy atom. The zero-order valence-electron chi connectivity index (χ0n) is 25.0. The number of hydrogen-bond acceptors (Lipinski definition) is 4. The van der Waals surface area contributed by atoms with Gasteiger partial charge < -0.3 is 21.3 Å². The van der Waals surface area contributed by atoms with Gasteiger partial charge in [-0.1, -0.05) is 73.8 Å². The van der Waals surface area contributed by atoms with Gasteiger partial charge in [-0.05, 0) is 55.7 Å². The highest BCUT2D eigenvalue weighted by Crippen LogP contribution is 2.20. The van der Waals surface area contributed by atoms with Crippen molar-refractivity contribution < 1.29 is 14.4 Å². The molecule has 0 fully saturated rings. The molecule has 1 rings (SSSR count). The first-order valence-electron chi connectivity index (χ1n) is 14.8. The van der Waals surface area contributed by atoms with Crippen molar-refractivity contribution in [1.29, 1.82) is 0 Å². The minimum atomic E-state index is -0.363. The van der Waals surface area contributed by atoms with Crippen molar-refractivity contribution in [2.24, 2.45) is 23.5 Å². The monoisotopic (exact) mass is 530 g/mol. The molecule has 1 aromatic carbocycles. The molecule has 0 unspecified atom stereocenters. The summed E-state index contributed by atoms with van der Waals surface area (Å²) in [5.74, 6) is 0.316. The van der Waals surface area contributed by atoms with E-state index in [2.05, 4.69) is 52.2 Å². The molecule has 4 atom stereocenters. The van der Waals surface area contributed by atoms with E-state index in [0.29, 0.717) is 49.0 Å². The summed E-state index contributed by atoms with van der Waals surface area (Å²) in [5, 5.41) is 6.19. The van der Waals surface area contributed by atoms with Crippen molar-refractivity contribution in [3.63, 3.8) is 0 Å². The number of nitrogens with one attached hydrogen (secondary N) is 2. The third-order valence-electron chi connectivity index (χ3n) is 7.62. The third-order valence-corrected chi connectivity index (χ3v) is 7.62. The van der Waals surface area contributed by atoms with Crippen molar-refractivity contribution in [3.8, 4) is 0 Å². The number of amides is 3. The molecule has 1 aromatic rings. The second-order valence-electron chi connectivity index (χ2n) is 10.9. The Kier molecular flexibility index (Phi) is 15.9. The number of benzene rings is 1. The molecule has 0 saturated heterocycles. The largest absolute Gasteiger partial charge is 0.356 e. The Hall–Kier alpha value is -2.41. The fourth-order valence-electron chi connectivity index (χ4n) is 4.68. The molecule has 0 heterocycles. The number of carbonyl (C=O) groups excluding carboxylic acids is 3. The summed E-state index contributed by atoms with van der Waals surface area (Å²) >= 11 is 0.